The van der Waals surface area contributed by atoms with Crippen molar-refractivity contribution in [1.29, 1.82) is 0 Å². The van der Waals surface area contributed by atoms with E-state index in [-0.39, 0.29) is 22.6 Å². The van der Waals surface area contributed by atoms with E-state index in [9.17, 15) is 8.42 Å². The van der Waals surface area contributed by atoms with Gasteiger partial charge in [-0.25, -0.2) is 13.1 Å². The highest BCUT2D eigenvalue weighted by molar-refractivity contribution is 7.89. The van der Waals surface area contributed by atoms with Crippen LogP contribution in [-0.4, -0.2) is 26.8 Å². The Morgan fingerprint density at radius 1 is 1.06 bits per heavy atom. The lowest BCUT2D eigenvalue weighted by atomic mass is 9.88. The van der Waals surface area contributed by atoms with E-state index in [0.717, 1.165) is 6.42 Å². The van der Waals surface area contributed by atoms with E-state index < -0.39 is 10.0 Å². The maximum absolute atomic E-state index is 11.7. The number of hydrogen-bond acceptors (Lipinski definition) is 3. The van der Waals surface area contributed by atoms with Gasteiger partial charge in [0.2, 0.25) is 10.0 Å². The van der Waals surface area contributed by atoms with Gasteiger partial charge in [-0.1, -0.05) is 41.5 Å². The third-order valence-corrected chi connectivity index (χ3v) is 3.92. The molecule has 0 amide bonds. The van der Waals surface area contributed by atoms with E-state index in [1.54, 1.807) is 0 Å². The molecule has 0 aliphatic carbocycles. The van der Waals surface area contributed by atoms with Crippen LogP contribution in [0.4, 0.5) is 0 Å². The molecule has 5 heteroatoms. The van der Waals surface area contributed by atoms with Crippen LogP contribution < -0.4 is 10.5 Å². The molecule has 0 aromatic heterocycles. The normalized spacial score (nSPS) is 15.9. The van der Waals surface area contributed by atoms with E-state index in [2.05, 4.69) is 25.5 Å². The molecule has 0 bridgehead atoms. The van der Waals surface area contributed by atoms with Crippen molar-refractivity contribution in [3.05, 3.63) is 0 Å². The van der Waals surface area contributed by atoms with Crippen molar-refractivity contribution < 1.29 is 8.42 Å². The molecule has 0 aromatic carbocycles. The summed E-state index contributed by atoms with van der Waals surface area (Å²) >= 11 is 0. The average Bonchev–Trinajstić information content (AvgIpc) is 1.92. The van der Waals surface area contributed by atoms with Gasteiger partial charge < -0.3 is 5.73 Å². The first-order valence-electron chi connectivity index (χ1n) is 6.04. The van der Waals surface area contributed by atoms with E-state index >= 15 is 0 Å². The Bertz CT molecular complexity index is 323. The van der Waals surface area contributed by atoms with Crippen molar-refractivity contribution >= 4 is 10.0 Å². The molecule has 0 saturated carbocycles. The zero-order valence-corrected chi connectivity index (χ0v) is 12.8. The topological polar surface area (TPSA) is 72.2 Å². The monoisotopic (exact) mass is 264 g/mol. The van der Waals surface area contributed by atoms with Crippen LogP contribution in [0.15, 0.2) is 0 Å². The van der Waals surface area contributed by atoms with Gasteiger partial charge in [0.15, 0.2) is 0 Å². The molecule has 1 atom stereocenters. The maximum Gasteiger partial charge on any atom is 0.212 e. The Morgan fingerprint density at radius 2 is 1.53 bits per heavy atom. The maximum atomic E-state index is 11.7. The molecule has 1 unspecified atom stereocenters. The summed E-state index contributed by atoms with van der Waals surface area (Å²) in [6.07, 6.45) is 0.797. The molecule has 0 aliphatic heterocycles. The molecular formula is C12H28N2O2S. The molecule has 0 rings (SSSR count). The fourth-order valence-corrected chi connectivity index (χ4v) is 3.42. The third-order valence-electron chi connectivity index (χ3n) is 2.06. The standard InChI is InChI=1S/C12H28N2O2S/c1-11(2,3)7-10(13)8-14-17(15,16)9-12(4,5)6/h10,14H,7-9,13H2,1-6H3. The summed E-state index contributed by atoms with van der Waals surface area (Å²) < 4.78 is 26.1. The molecule has 4 nitrogen and oxygen atoms in total. The first-order valence-corrected chi connectivity index (χ1v) is 7.69. The van der Waals surface area contributed by atoms with Crippen LogP contribution in [0, 0.1) is 10.8 Å². The molecule has 0 heterocycles. The van der Waals surface area contributed by atoms with Gasteiger partial charge in [-0.3, -0.25) is 0 Å². The summed E-state index contributed by atoms with van der Waals surface area (Å²) in [7, 11) is -3.22. The highest BCUT2D eigenvalue weighted by atomic mass is 32.2. The predicted octanol–water partition coefficient (Wildman–Crippen LogP) is 1.72. The predicted molar refractivity (Wildman–Crippen MR) is 73.3 cm³/mol. The molecule has 0 saturated heterocycles. The molecule has 17 heavy (non-hydrogen) atoms. The van der Waals surface area contributed by atoms with Gasteiger partial charge in [-0.15, -0.1) is 0 Å². The Hall–Kier alpha value is -0.130. The second kappa shape index (κ2) is 5.67. The summed E-state index contributed by atoms with van der Waals surface area (Å²) in [5, 5.41) is 0. The lowest BCUT2D eigenvalue weighted by Crippen LogP contribution is -2.41. The quantitative estimate of drug-likeness (QED) is 0.794. The molecule has 104 valence electrons. The van der Waals surface area contributed by atoms with Gasteiger partial charge in [-0.05, 0) is 17.3 Å². The summed E-state index contributed by atoms with van der Waals surface area (Å²) in [4.78, 5) is 0. The first-order chi connectivity index (χ1) is 7.31. The van der Waals surface area contributed by atoms with Crippen molar-refractivity contribution in [2.24, 2.45) is 16.6 Å². The van der Waals surface area contributed by atoms with Crippen LogP contribution in [0.25, 0.3) is 0 Å². The van der Waals surface area contributed by atoms with Crippen LogP contribution in [0.1, 0.15) is 48.0 Å². The summed E-state index contributed by atoms with van der Waals surface area (Å²) in [5.41, 5.74) is 5.79. The van der Waals surface area contributed by atoms with Crippen LogP contribution >= 0.6 is 0 Å². The number of hydrogen-bond donors (Lipinski definition) is 2. The van der Waals surface area contributed by atoms with E-state index in [1.807, 2.05) is 20.8 Å². The lowest BCUT2D eigenvalue weighted by molar-refractivity contribution is 0.338. The number of rotatable bonds is 5. The van der Waals surface area contributed by atoms with E-state index in [0.29, 0.717) is 6.54 Å². The van der Waals surface area contributed by atoms with Crippen molar-refractivity contribution in [3.63, 3.8) is 0 Å². The number of nitrogens with one attached hydrogen (secondary N) is 1. The fourth-order valence-electron chi connectivity index (χ4n) is 1.71. The van der Waals surface area contributed by atoms with E-state index in [1.165, 1.54) is 0 Å². The Kier molecular flexibility index (Phi) is 5.63. The molecule has 0 spiro atoms. The largest absolute Gasteiger partial charge is 0.326 e. The molecular weight excluding hydrogens is 236 g/mol. The highest BCUT2D eigenvalue weighted by Gasteiger charge is 2.23. The van der Waals surface area contributed by atoms with Crippen molar-refractivity contribution in [3.8, 4) is 0 Å². The minimum atomic E-state index is -3.22. The summed E-state index contributed by atoms with van der Waals surface area (Å²) in [6.45, 7) is 12.3. The van der Waals surface area contributed by atoms with Gasteiger partial charge in [0.05, 0.1) is 5.75 Å². The molecule has 0 fully saturated rings. The second-order valence-electron chi connectivity index (χ2n) is 7.19. The molecule has 0 radical (unpaired) electrons. The summed E-state index contributed by atoms with van der Waals surface area (Å²) in [5.74, 6) is 0.127. The molecule has 3 N–H and O–H groups in total. The minimum absolute atomic E-state index is 0.120. The van der Waals surface area contributed by atoms with Gasteiger partial charge in [0, 0.05) is 12.6 Å². The minimum Gasteiger partial charge on any atom is -0.326 e. The van der Waals surface area contributed by atoms with E-state index in [4.69, 9.17) is 5.73 Å². The van der Waals surface area contributed by atoms with Gasteiger partial charge in [0.25, 0.3) is 0 Å². The van der Waals surface area contributed by atoms with Crippen molar-refractivity contribution in [2.75, 3.05) is 12.3 Å². The smallest absolute Gasteiger partial charge is 0.212 e. The van der Waals surface area contributed by atoms with Crippen molar-refractivity contribution in [2.45, 2.75) is 54.0 Å². The van der Waals surface area contributed by atoms with Crippen LogP contribution in [0.5, 0.6) is 0 Å². The zero-order valence-electron chi connectivity index (χ0n) is 12.0. The third kappa shape index (κ3) is 10.7. The Labute approximate surface area is 106 Å². The van der Waals surface area contributed by atoms with Gasteiger partial charge in [-0.2, -0.15) is 0 Å². The fraction of sp³-hybridized carbons (Fsp3) is 1.00. The van der Waals surface area contributed by atoms with Crippen LogP contribution in [0.2, 0.25) is 0 Å². The zero-order chi connectivity index (χ0) is 13.9. The molecule has 0 aliphatic rings. The Morgan fingerprint density at radius 3 is 1.88 bits per heavy atom. The highest BCUT2D eigenvalue weighted by Crippen LogP contribution is 2.20. The summed E-state index contributed by atoms with van der Waals surface area (Å²) in [6, 6.07) is -0.134. The number of nitrogens with two attached hydrogens (primary N) is 1. The average molecular weight is 264 g/mol. The molecule has 0 aromatic rings. The van der Waals surface area contributed by atoms with Gasteiger partial charge >= 0.3 is 0 Å². The Balaban J connectivity index is 4.20. The first kappa shape index (κ1) is 16.9. The van der Waals surface area contributed by atoms with Crippen molar-refractivity contribution in [1.82, 2.24) is 4.72 Å². The number of sulfonamides is 1. The van der Waals surface area contributed by atoms with Gasteiger partial charge in [0.1, 0.15) is 0 Å². The second-order valence-corrected chi connectivity index (χ2v) is 9.00. The lowest BCUT2D eigenvalue weighted by Gasteiger charge is -2.24. The SMILES string of the molecule is CC(C)(C)CC(N)CNS(=O)(=O)CC(C)(C)C. The van der Waals surface area contributed by atoms with Crippen LogP contribution in [-0.2, 0) is 10.0 Å². The van der Waals surface area contributed by atoms with Crippen LogP contribution in [0.3, 0.4) is 0 Å².